The maximum absolute atomic E-state index is 13.3. The molecule has 0 bridgehead atoms. The molecule has 3 nitrogen and oxygen atoms in total. The van der Waals surface area contributed by atoms with Crippen molar-refractivity contribution >= 4 is 0 Å². The highest BCUT2D eigenvalue weighted by atomic mass is 19.1. The van der Waals surface area contributed by atoms with E-state index in [1.807, 2.05) is 12.3 Å². The minimum atomic E-state index is -0.553. The van der Waals surface area contributed by atoms with E-state index in [0.29, 0.717) is 18.7 Å². The monoisotopic (exact) mass is 237 g/mol. The third-order valence-electron chi connectivity index (χ3n) is 2.41. The molecule has 1 N–H and O–H groups in total. The Morgan fingerprint density at radius 3 is 2.88 bits per heavy atom. The molecular formula is C12H13F2N3. The molecule has 1 heterocycles. The Hall–Kier alpha value is -1.75. The summed E-state index contributed by atoms with van der Waals surface area (Å²) in [6, 6.07) is 5.45. The summed E-state index contributed by atoms with van der Waals surface area (Å²) < 4.78 is 27.7. The Morgan fingerprint density at radius 1 is 1.29 bits per heavy atom. The largest absolute Gasteiger partial charge is 0.311 e. The van der Waals surface area contributed by atoms with Crippen LogP contribution >= 0.6 is 0 Å². The molecule has 2 aromatic rings. The summed E-state index contributed by atoms with van der Waals surface area (Å²) in [4.78, 5) is 0. The molecular weight excluding hydrogens is 224 g/mol. The van der Waals surface area contributed by atoms with E-state index >= 15 is 0 Å². The van der Waals surface area contributed by atoms with Crippen LogP contribution in [0.1, 0.15) is 5.56 Å². The van der Waals surface area contributed by atoms with Crippen LogP contribution in [0.2, 0.25) is 0 Å². The standard InChI is InChI=1S/C12H13F2N3/c13-11-3-2-10(12(14)8-11)9-15-5-7-17-6-1-4-16-17/h1-4,6,8,15H,5,7,9H2. The summed E-state index contributed by atoms with van der Waals surface area (Å²) in [5.74, 6) is -1.07. The molecule has 0 aliphatic carbocycles. The van der Waals surface area contributed by atoms with E-state index in [0.717, 1.165) is 12.6 Å². The number of nitrogens with one attached hydrogen (secondary N) is 1. The fourth-order valence-corrected chi connectivity index (χ4v) is 1.51. The minimum absolute atomic E-state index is 0.382. The summed E-state index contributed by atoms with van der Waals surface area (Å²) >= 11 is 0. The average Bonchev–Trinajstić information content (AvgIpc) is 2.79. The highest BCUT2D eigenvalue weighted by Crippen LogP contribution is 2.08. The Labute approximate surface area is 98.1 Å². The summed E-state index contributed by atoms with van der Waals surface area (Å²) in [6.45, 7) is 1.78. The van der Waals surface area contributed by atoms with Crippen LogP contribution in [0, 0.1) is 11.6 Å². The van der Waals surface area contributed by atoms with Gasteiger partial charge in [-0.2, -0.15) is 5.10 Å². The number of hydrogen-bond acceptors (Lipinski definition) is 2. The quantitative estimate of drug-likeness (QED) is 0.805. The highest BCUT2D eigenvalue weighted by Gasteiger charge is 2.02. The molecule has 1 aromatic carbocycles. The number of nitrogens with zero attached hydrogens (tertiary/aromatic N) is 2. The lowest BCUT2D eigenvalue weighted by Crippen LogP contribution is -2.20. The number of benzene rings is 1. The first-order valence-electron chi connectivity index (χ1n) is 5.38. The van der Waals surface area contributed by atoms with Crippen LogP contribution in [-0.4, -0.2) is 16.3 Å². The van der Waals surface area contributed by atoms with Crippen molar-refractivity contribution in [1.29, 1.82) is 0 Å². The van der Waals surface area contributed by atoms with Gasteiger partial charge >= 0.3 is 0 Å². The van der Waals surface area contributed by atoms with Crippen molar-refractivity contribution in [2.75, 3.05) is 6.54 Å². The fourth-order valence-electron chi connectivity index (χ4n) is 1.51. The molecule has 0 unspecified atom stereocenters. The topological polar surface area (TPSA) is 29.9 Å². The lowest BCUT2D eigenvalue weighted by molar-refractivity contribution is 0.533. The molecule has 90 valence electrons. The molecule has 0 saturated heterocycles. The van der Waals surface area contributed by atoms with E-state index < -0.39 is 11.6 Å². The Bertz CT molecular complexity index is 469. The van der Waals surface area contributed by atoms with Gasteiger partial charge in [-0.3, -0.25) is 4.68 Å². The van der Waals surface area contributed by atoms with Crippen molar-refractivity contribution in [2.24, 2.45) is 0 Å². The van der Waals surface area contributed by atoms with Crippen LogP contribution in [0.3, 0.4) is 0 Å². The van der Waals surface area contributed by atoms with Crippen molar-refractivity contribution in [3.05, 3.63) is 53.9 Å². The number of hydrogen-bond donors (Lipinski definition) is 1. The molecule has 1 aromatic heterocycles. The minimum Gasteiger partial charge on any atom is -0.311 e. The van der Waals surface area contributed by atoms with E-state index in [4.69, 9.17) is 0 Å². The average molecular weight is 237 g/mol. The van der Waals surface area contributed by atoms with Crippen LogP contribution < -0.4 is 5.32 Å². The van der Waals surface area contributed by atoms with Crippen molar-refractivity contribution in [1.82, 2.24) is 15.1 Å². The number of aromatic nitrogens is 2. The Kier molecular flexibility index (Phi) is 3.82. The Morgan fingerprint density at radius 2 is 2.18 bits per heavy atom. The summed E-state index contributed by atoms with van der Waals surface area (Å²) in [5.41, 5.74) is 0.465. The molecule has 0 fully saturated rings. The van der Waals surface area contributed by atoms with Gasteiger partial charge in [-0.05, 0) is 12.1 Å². The zero-order valence-corrected chi connectivity index (χ0v) is 9.24. The van der Waals surface area contributed by atoms with Gasteiger partial charge in [0.15, 0.2) is 0 Å². The van der Waals surface area contributed by atoms with E-state index in [2.05, 4.69) is 10.4 Å². The SMILES string of the molecule is Fc1ccc(CNCCn2cccn2)c(F)c1. The molecule has 0 aliphatic rings. The van der Waals surface area contributed by atoms with Gasteiger partial charge in [0.1, 0.15) is 11.6 Å². The predicted molar refractivity (Wildman–Crippen MR) is 60.3 cm³/mol. The zero-order chi connectivity index (χ0) is 12.1. The first-order valence-corrected chi connectivity index (χ1v) is 5.38. The highest BCUT2D eigenvalue weighted by molar-refractivity contribution is 5.18. The predicted octanol–water partition coefficient (Wildman–Crippen LogP) is 1.95. The van der Waals surface area contributed by atoms with Crippen molar-refractivity contribution in [3.8, 4) is 0 Å². The molecule has 17 heavy (non-hydrogen) atoms. The second-order valence-electron chi connectivity index (χ2n) is 3.68. The van der Waals surface area contributed by atoms with Gasteiger partial charge in [0.25, 0.3) is 0 Å². The van der Waals surface area contributed by atoms with E-state index in [1.54, 1.807) is 10.9 Å². The third kappa shape index (κ3) is 3.35. The normalized spacial score (nSPS) is 10.7. The molecule has 0 radical (unpaired) electrons. The van der Waals surface area contributed by atoms with Crippen LogP contribution in [0.5, 0.6) is 0 Å². The van der Waals surface area contributed by atoms with Crippen LogP contribution in [0.4, 0.5) is 8.78 Å². The molecule has 0 saturated carbocycles. The second-order valence-corrected chi connectivity index (χ2v) is 3.68. The van der Waals surface area contributed by atoms with Gasteiger partial charge in [-0.1, -0.05) is 6.07 Å². The van der Waals surface area contributed by atoms with Crippen LogP contribution in [0.25, 0.3) is 0 Å². The van der Waals surface area contributed by atoms with Gasteiger partial charge in [0.2, 0.25) is 0 Å². The van der Waals surface area contributed by atoms with Crippen molar-refractivity contribution < 1.29 is 8.78 Å². The third-order valence-corrected chi connectivity index (χ3v) is 2.41. The first-order chi connectivity index (χ1) is 8.25. The molecule has 0 atom stereocenters. The van der Waals surface area contributed by atoms with Gasteiger partial charge in [0, 0.05) is 37.1 Å². The lowest BCUT2D eigenvalue weighted by atomic mass is 10.2. The number of rotatable bonds is 5. The molecule has 2 rings (SSSR count). The summed E-state index contributed by atoms with van der Waals surface area (Å²) in [5, 5.41) is 7.12. The smallest absolute Gasteiger partial charge is 0.130 e. The van der Waals surface area contributed by atoms with Crippen LogP contribution in [0.15, 0.2) is 36.7 Å². The fraction of sp³-hybridized carbons (Fsp3) is 0.250. The summed E-state index contributed by atoms with van der Waals surface area (Å²) in [6.07, 6.45) is 3.57. The molecule has 0 spiro atoms. The van der Waals surface area contributed by atoms with Gasteiger partial charge in [-0.15, -0.1) is 0 Å². The summed E-state index contributed by atoms with van der Waals surface area (Å²) in [7, 11) is 0. The number of halogens is 2. The van der Waals surface area contributed by atoms with Crippen LogP contribution in [-0.2, 0) is 13.1 Å². The molecule has 5 heteroatoms. The maximum Gasteiger partial charge on any atom is 0.130 e. The van der Waals surface area contributed by atoms with E-state index in [9.17, 15) is 8.78 Å². The zero-order valence-electron chi connectivity index (χ0n) is 9.24. The maximum atomic E-state index is 13.3. The Balaban J connectivity index is 1.78. The van der Waals surface area contributed by atoms with E-state index in [-0.39, 0.29) is 0 Å². The van der Waals surface area contributed by atoms with Gasteiger partial charge in [-0.25, -0.2) is 8.78 Å². The van der Waals surface area contributed by atoms with Crippen molar-refractivity contribution in [3.63, 3.8) is 0 Å². The molecule has 0 amide bonds. The van der Waals surface area contributed by atoms with Crippen molar-refractivity contribution in [2.45, 2.75) is 13.1 Å². The molecule has 0 aliphatic heterocycles. The first kappa shape index (κ1) is 11.7. The van der Waals surface area contributed by atoms with Gasteiger partial charge < -0.3 is 5.32 Å². The lowest BCUT2D eigenvalue weighted by Gasteiger charge is -2.06. The van der Waals surface area contributed by atoms with E-state index in [1.165, 1.54) is 12.1 Å². The van der Waals surface area contributed by atoms with Gasteiger partial charge in [0.05, 0.1) is 6.54 Å². The second kappa shape index (κ2) is 5.54.